The van der Waals surface area contributed by atoms with Crippen molar-refractivity contribution in [3.8, 4) is 0 Å². The number of nitrogens with zero attached hydrogens (tertiary/aromatic N) is 3. The van der Waals surface area contributed by atoms with Crippen molar-refractivity contribution in [2.75, 3.05) is 5.32 Å². The Bertz CT molecular complexity index is 801. The summed E-state index contributed by atoms with van der Waals surface area (Å²) in [7, 11) is 0. The molecule has 1 N–H and O–H groups in total. The molecule has 0 fully saturated rings. The molecule has 3 aromatic rings. The minimum Gasteiger partial charge on any atom is -0.310 e. The van der Waals surface area contributed by atoms with Crippen molar-refractivity contribution in [2.45, 2.75) is 13.8 Å². The summed E-state index contributed by atoms with van der Waals surface area (Å²) in [5.74, 6) is 0.0284. The molecule has 0 bridgehead atoms. The molecule has 0 aliphatic heterocycles. The number of aryl methyl sites for hydroxylation is 2. The standard InChI is InChI=1S/C14H11N4O2.W/c1-8-11(6-5-10-4-3-7-15-12(8)10)14(19)16-13-9(2)17-20-18-13;/h3-4,6-7H,1-2H3,(H,16,18,19);/q-1;. The molecule has 2 aromatic heterocycles. The maximum absolute atomic E-state index is 12.3. The molecule has 0 aliphatic rings. The topological polar surface area (TPSA) is 80.9 Å². The monoisotopic (exact) mass is 451 g/mol. The largest absolute Gasteiger partial charge is 0.310 e. The zero-order valence-electron chi connectivity index (χ0n) is 11.4. The number of rotatable bonds is 2. The first-order valence-corrected chi connectivity index (χ1v) is 6.03. The van der Waals surface area contributed by atoms with Crippen LogP contribution in [0.25, 0.3) is 10.9 Å². The van der Waals surface area contributed by atoms with Crippen LogP contribution in [0.2, 0.25) is 0 Å². The molecule has 3 rings (SSSR count). The first-order chi connectivity index (χ1) is 9.66. The fourth-order valence-electron chi connectivity index (χ4n) is 1.96. The van der Waals surface area contributed by atoms with E-state index < -0.39 is 0 Å². The van der Waals surface area contributed by atoms with Crippen molar-refractivity contribution in [2.24, 2.45) is 0 Å². The number of carbonyl (C=O) groups is 1. The van der Waals surface area contributed by atoms with Gasteiger partial charge in [-0.25, -0.2) is 4.63 Å². The molecule has 0 radical (unpaired) electrons. The minimum atomic E-state index is -0.287. The van der Waals surface area contributed by atoms with Crippen LogP contribution in [0.3, 0.4) is 0 Å². The van der Waals surface area contributed by atoms with E-state index in [1.54, 1.807) is 19.2 Å². The molecular formula is C14H11N4O2W-. The molecule has 21 heavy (non-hydrogen) atoms. The number of carbonyl (C=O) groups excluding carboxylic acids is 1. The Morgan fingerprint density at radius 1 is 1.33 bits per heavy atom. The summed E-state index contributed by atoms with van der Waals surface area (Å²) in [4.78, 5) is 16.5. The van der Waals surface area contributed by atoms with Crippen molar-refractivity contribution in [1.29, 1.82) is 0 Å². The number of hydrogen-bond donors (Lipinski definition) is 1. The number of aromatic nitrogens is 3. The van der Waals surface area contributed by atoms with E-state index in [4.69, 9.17) is 0 Å². The van der Waals surface area contributed by atoms with E-state index in [0.717, 1.165) is 16.5 Å². The summed E-state index contributed by atoms with van der Waals surface area (Å²) in [6.07, 6.45) is 1.69. The average Bonchev–Trinajstić information content (AvgIpc) is 2.85. The van der Waals surface area contributed by atoms with Crippen LogP contribution in [0.1, 0.15) is 21.6 Å². The molecule has 0 saturated carbocycles. The number of hydrogen-bond acceptors (Lipinski definition) is 5. The molecule has 6 nitrogen and oxygen atoms in total. The summed E-state index contributed by atoms with van der Waals surface area (Å²) in [5, 5.41) is 10.8. The van der Waals surface area contributed by atoms with E-state index in [9.17, 15) is 4.79 Å². The van der Waals surface area contributed by atoms with Crippen LogP contribution in [0, 0.1) is 19.9 Å². The second kappa shape index (κ2) is 6.14. The Kier molecular flexibility index (Phi) is 4.48. The van der Waals surface area contributed by atoms with Crippen LogP contribution < -0.4 is 5.32 Å². The zero-order valence-corrected chi connectivity index (χ0v) is 14.3. The number of benzene rings is 1. The van der Waals surface area contributed by atoms with Gasteiger partial charge >= 0.3 is 0 Å². The third-order valence-electron chi connectivity index (χ3n) is 3.07. The van der Waals surface area contributed by atoms with Gasteiger partial charge in [-0.05, 0) is 23.2 Å². The molecule has 0 saturated heterocycles. The first kappa shape index (κ1) is 15.3. The Labute approximate surface area is 135 Å². The molecule has 2 heterocycles. The van der Waals surface area contributed by atoms with E-state index in [0.29, 0.717) is 17.1 Å². The van der Waals surface area contributed by atoms with Gasteiger partial charge in [-0.15, -0.1) is 23.6 Å². The van der Waals surface area contributed by atoms with Gasteiger partial charge in [-0.2, -0.15) is 0 Å². The first-order valence-electron chi connectivity index (χ1n) is 6.03. The normalized spacial score (nSPS) is 10.2. The molecule has 0 spiro atoms. The van der Waals surface area contributed by atoms with Crippen molar-refractivity contribution < 1.29 is 30.5 Å². The Morgan fingerprint density at radius 2 is 2.14 bits per heavy atom. The smallest absolute Gasteiger partial charge is 0.215 e. The quantitative estimate of drug-likeness (QED) is 0.606. The van der Waals surface area contributed by atoms with Crippen molar-refractivity contribution >= 4 is 22.6 Å². The number of pyridine rings is 1. The summed E-state index contributed by atoms with van der Waals surface area (Å²) < 4.78 is 4.55. The van der Waals surface area contributed by atoms with E-state index in [2.05, 4.69) is 31.3 Å². The minimum absolute atomic E-state index is 0. The van der Waals surface area contributed by atoms with Gasteiger partial charge in [0.15, 0.2) is 5.82 Å². The fourth-order valence-corrected chi connectivity index (χ4v) is 1.96. The van der Waals surface area contributed by atoms with Crippen LogP contribution in [0.15, 0.2) is 29.0 Å². The Hall–Kier alpha value is -2.07. The second-order valence-corrected chi connectivity index (χ2v) is 4.38. The zero-order chi connectivity index (χ0) is 14.1. The van der Waals surface area contributed by atoms with Crippen LogP contribution in [0.4, 0.5) is 5.82 Å². The maximum atomic E-state index is 12.3. The maximum Gasteiger partial charge on any atom is 0.215 e. The molecular weight excluding hydrogens is 440 g/mol. The van der Waals surface area contributed by atoms with Crippen molar-refractivity contribution in [3.05, 3.63) is 47.3 Å². The summed E-state index contributed by atoms with van der Waals surface area (Å²) in [6, 6.07) is 8.44. The molecule has 1 amide bonds. The predicted octanol–water partition coefficient (Wildman–Crippen LogP) is 2.28. The van der Waals surface area contributed by atoms with Crippen LogP contribution >= 0.6 is 0 Å². The predicted molar refractivity (Wildman–Crippen MR) is 72.3 cm³/mol. The van der Waals surface area contributed by atoms with E-state index in [1.807, 2.05) is 19.1 Å². The fraction of sp³-hybridized carbons (Fsp3) is 0.143. The molecule has 1 aromatic carbocycles. The molecule has 0 aliphatic carbocycles. The van der Waals surface area contributed by atoms with Gasteiger partial charge in [0.05, 0.1) is 0 Å². The van der Waals surface area contributed by atoms with Gasteiger partial charge in [-0.3, -0.25) is 4.79 Å². The third-order valence-corrected chi connectivity index (χ3v) is 3.07. The van der Waals surface area contributed by atoms with Gasteiger partial charge in [0.1, 0.15) is 5.69 Å². The second-order valence-electron chi connectivity index (χ2n) is 4.38. The van der Waals surface area contributed by atoms with Gasteiger partial charge in [0.25, 0.3) is 0 Å². The molecule has 0 unspecified atom stereocenters. The van der Waals surface area contributed by atoms with Crippen LogP contribution in [0.5, 0.6) is 0 Å². The molecule has 7 heteroatoms. The van der Waals surface area contributed by atoms with Crippen LogP contribution in [-0.2, 0) is 21.1 Å². The summed E-state index contributed by atoms with van der Waals surface area (Å²) >= 11 is 0. The number of anilines is 1. The number of nitrogens with one attached hydrogen (secondary N) is 1. The SMILES string of the molecule is Cc1nonc1NC(=O)c1c[c-]c2cccnc2c1C.[W]. The van der Waals surface area contributed by atoms with Gasteiger partial charge < -0.3 is 10.3 Å². The van der Waals surface area contributed by atoms with E-state index in [1.165, 1.54) is 0 Å². The van der Waals surface area contributed by atoms with Crippen molar-refractivity contribution in [3.63, 3.8) is 0 Å². The van der Waals surface area contributed by atoms with E-state index in [-0.39, 0.29) is 27.0 Å². The third kappa shape index (κ3) is 2.85. The summed E-state index contributed by atoms with van der Waals surface area (Å²) in [6.45, 7) is 3.55. The summed E-state index contributed by atoms with van der Waals surface area (Å²) in [5.41, 5.74) is 2.58. The Balaban J connectivity index is 0.00000161. The van der Waals surface area contributed by atoms with Gasteiger partial charge in [0, 0.05) is 27.3 Å². The van der Waals surface area contributed by atoms with Crippen molar-refractivity contribution in [1.82, 2.24) is 15.3 Å². The van der Waals surface area contributed by atoms with Gasteiger partial charge in [0.2, 0.25) is 5.91 Å². The van der Waals surface area contributed by atoms with Crippen LogP contribution in [-0.4, -0.2) is 21.2 Å². The van der Waals surface area contributed by atoms with E-state index >= 15 is 0 Å². The number of amides is 1. The molecule has 0 atom stereocenters. The van der Waals surface area contributed by atoms with Gasteiger partial charge in [-0.1, -0.05) is 23.7 Å². The average molecular weight is 451 g/mol. The Morgan fingerprint density at radius 3 is 2.86 bits per heavy atom. The molecule has 106 valence electrons. The number of fused-ring (bicyclic) bond motifs is 1.